The summed E-state index contributed by atoms with van der Waals surface area (Å²) < 4.78 is 29.5. The van der Waals surface area contributed by atoms with Gasteiger partial charge >= 0.3 is 5.97 Å². The molecule has 5 heteroatoms. The van der Waals surface area contributed by atoms with Gasteiger partial charge in [0.05, 0.1) is 22.5 Å². The van der Waals surface area contributed by atoms with Crippen LogP contribution >= 0.6 is 0 Å². The zero-order chi connectivity index (χ0) is 13.9. The summed E-state index contributed by atoms with van der Waals surface area (Å²) in [4.78, 5) is 11.7. The minimum absolute atomic E-state index is 0.0360. The topological polar surface area (TPSA) is 60.4 Å². The highest BCUT2D eigenvalue weighted by molar-refractivity contribution is 7.91. The van der Waals surface area contributed by atoms with E-state index in [4.69, 9.17) is 0 Å². The van der Waals surface area contributed by atoms with E-state index in [1.807, 2.05) is 0 Å². The molecule has 0 heterocycles. The van der Waals surface area contributed by atoms with Crippen LogP contribution in [0.5, 0.6) is 0 Å². The second kappa shape index (κ2) is 5.24. The van der Waals surface area contributed by atoms with Crippen molar-refractivity contribution in [3.8, 4) is 0 Å². The predicted molar refractivity (Wildman–Crippen MR) is 69.7 cm³/mol. The molecule has 2 aromatic carbocycles. The molecule has 0 aliphatic heterocycles. The Balaban J connectivity index is 2.63. The van der Waals surface area contributed by atoms with E-state index < -0.39 is 15.8 Å². The van der Waals surface area contributed by atoms with Crippen molar-refractivity contribution < 1.29 is 17.9 Å². The summed E-state index contributed by atoms with van der Waals surface area (Å²) in [5.41, 5.74) is 0.0360. The normalized spacial score (nSPS) is 11.0. The van der Waals surface area contributed by atoms with Gasteiger partial charge in [-0.1, -0.05) is 30.3 Å². The van der Waals surface area contributed by atoms with Crippen molar-refractivity contribution in [2.75, 3.05) is 7.11 Å². The summed E-state index contributed by atoms with van der Waals surface area (Å²) in [6.07, 6.45) is 0. The lowest BCUT2D eigenvalue weighted by Gasteiger charge is -2.08. The third kappa shape index (κ3) is 2.51. The zero-order valence-corrected chi connectivity index (χ0v) is 11.1. The number of esters is 1. The number of rotatable bonds is 3. The molecule has 0 bridgehead atoms. The Labute approximate surface area is 111 Å². The van der Waals surface area contributed by atoms with Crippen molar-refractivity contribution in [2.24, 2.45) is 0 Å². The minimum atomic E-state index is -3.73. The van der Waals surface area contributed by atoms with E-state index in [1.54, 1.807) is 30.3 Å². The molecule has 0 spiro atoms. The van der Waals surface area contributed by atoms with E-state index in [-0.39, 0.29) is 15.4 Å². The van der Waals surface area contributed by atoms with Crippen LogP contribution in [0, 0.1) is 0 Å². The van der Waals surface area contributed by atoms with Gasteiger partial charge in [-0.05, 0) is 24.3 Å². The highest BCUT2D eigenvalue weighted by Gasteiger charge is 2.24. The van der Waals surface area contributed by atoms with E-state index in [0.717, 1.165) is 0 Å². The van der Waals surface area contributed by atoms with Crippen LogP contribution in [0.3, 0.4) is 0 Å². The Bertz CT molecular complexity index is 690. The van der Waals surface area contributed by atoms with Crippen LogP contribution in [-0.4, -0.2) is 21.5 Å². The summed E-state index contributed by atoms with van der Waals surface area (Å²) in [7, 11) is -2.51. The summed E-state index contributed by atoms with van der Waals surface area (Å²) in [5, 5.41) is 0. The van der Waals surface area contributed by atoms with E-state index in [0.29, 0.717) is 0 Å². The Morgan fingerprint density at radius 3 is 2.16 bits per heavy atom. The van der Waals surface area contributed by atoms with Gasteiger partial charge in [-0.2, -0.15) is 0 Å². The van der Waals surface area contributed by atoms with Gasteiger partial charge in [0.1, 0.15) is 0 Å². The Morgan fingerprint density at radius 2 is 1.53 bits per heavy atom. The van der Waals surface area contributed by atoms with Crippen molar-refractivity contribution in [3.05, 3.63) is 60.2 Å². The molecule has 4 nitrogen and oxygen atoms in total. The lowest BCUT2D eigenvalue weighted by atomic mass is 10.2. The average molecular weight is 276 g/mol. The first kappa shape index (κ1) is 13.3. The maximum atomic E-state index is 12.5. The molecule has 19 heavy (non-hydrogen) atoms. The van der Waals surface area contributed by atoms with Gasteiger partial charge in [-0.25, -0.2) is 13.2 Å². The van der Waals surface area contributed by atoms with Gasteiger partial charge in [-0.15, -0.1) is 0 Å². The van der Waals surface area contributed by atoms with E-state index in [9.17, 15) is 13.2 Å². The first-order valence-electron chi connectivity index (χ1n) is 5.55. The first-order chi connectivity index (χ1) is 9.07. The van der Waals surface area contributed by atoms with Gasteiger partial charge in [0.25, 0.3) is 0 Å². The highest BCUT2D eigenvalue weighted by atomic mass is 32.2. The van der Waals surface area contributed by atoms with Crippen molar-refractivity contribution in [1.82, 2.24) is 0 Å². The molecule has 2 aromatic rings. The van der Waals surface area contributed by atoms with E-state index >= 15 is 0 Å². The number of carbonyl (C=O) groups is 1. The molecular formula is C14H12O4S. The monoisotopic (exact) mass is 276 g/mol. The molecule has 98 valence electrons. The van der Waals surface area contributed by atoms with Gasteiger partial charge in [0, 0.05) is 0 Å². The summed E-state index contributed by atoms with van der Waals surface area (Å²) >= 11 is 0. The molecule has 0 saturated carbocycles. The smallest absolute Gasteiger partial charge is 0.339 e. The number of methoxy groups -OCH3 is 1. The van der Waals surface area contributed by atoms with Crippen molar-refractivity contribution >= 4 is 15.8 Å². The zero-order valence-electron chi connectivity index (χ0n) is 10.2. The van der Waals surface area contributed by atoms with Gasteiger partial charge in [-0.3, -0.25) is 0 Å². The molecule has 0 amide bonds. The van der Waals surface area contributed by atoms with E-state index in [1.165, 1.54) is 31.4 Å². The fraction of sp³-hybridized carbons (Fsp3) is 0.0714. The largest absolute Gasteiger partial charge is 0.465 e. The van der Waals surface area contributed by atoms with Gasteiger partial charge < -0.3 is 4.74 Å². The molecule has 0 aromatic heterocycles. The summed E-state index contributed by atoms with van der Waals surface area (Å²) in [6.45, 7) is 0. The third-order valence-corrected chi connectivity index (χ3v) is 4.46. The van der Waals surface area contributed by atoms with Crippen molar-refractivity contribution in [3.63, 3.8) is 0 Å². The van der Waals surface area contributed by atoms with E-state index in [2.05, 4.69) is 4.74 Å². The summed E-state index contributed by atoms with van der Waals surface area (Å²) in [6, 6.07) is 14.0. The number of benzene rings is 2. The molecule has 2 rings (SSSR count). The summed E-state index contributed by atoms with van der Waals surface area (Å²) in [5.74, 6) is -0.671. The van der Waals surface area contributed by atoms with Crippen LogP contribution in [-0.2, 0) is 14.6 Å². The van der Waals surface area contributed by atoms with Gasteiger partial charge in [0.15, 0.2) is 0 Å². The quantitative estimate of drug-likeness (QED) is 0.807. The SMILES string of the molecule is COC(=O)c1ccccc1S(=O)(=O)c1ccccc1. The molecular weight excluding hydrogens is 264 g/mol. The first-order valence-corrected chi connectivity index (χ1v) is 7.03. The lowest BCUT2D eigenvalue weighted by molar-refractivity contribution is 0.0596. The third-order valence-electron chi connectivity index (χ3n) is 2.64. The van der Waals surface area contributed by atoms with Crippen LogP contribution in [0.4, 0.5) is 0 Å². The fourth-order valence-corrected chi connectivity index (χ4v) is 3.17. The molecule has 0 unspecified atom stereocenters. The molecule has 0 radical (unpaired) electrons. The Kier molecular flexibility index (Phi) is 3.66. The van der Waals surface area contributed by atoms with Crippen LogP contribution in [0.25, 0.3) is 0 Å². The van der Waals surface area contributed by atoms with Crippen LogP contribution in [0.2, 0.25) is 0 Å². The molecule has 0 fully saturated rings. The standard InChI is InChI=1S/C14H12O4S/c1-18-14(15)12-9-5-6-10-13(12)19(16,17)11-7-3-2-4-8-11/h2-10H,1H3. The van der Waals surface area contributed by atoms with Crippen molar-refractivity contribution in [1.29, 1.82) is 0 Å². The molecule has 0 saturated heterocycles. The Hall–Kier alpha value is -2.14. The molecule has 0 aliphatic rings. The molecule has 0 N–H and O–H groups in total. The highest BCUT2D eigenvalue weighted by Crippen LogP contribution is 2.24. The Morgan fingerprint density at radius 1 is 0.947 bits per heavy atom. The predicted octanol–water partition coefficient (Wildman–Crippen LogP) is 2.31. The number of sulfone groups is 1. The second-order valence-electron chi connectivity index (χ2n) is 3.80. The molecule has 0 atom stereocenters. The number of ether oxygens (including phenoxy) is 1. The number of carbonyl (C=O) groups excluding carboxylic acids is 1. The van der Waals surface area contributed by atoms with Crippen LogP contribution in [0.1, 0.15) is 10.4 Å². The average Bonchev–Trinajstić information content (AvgIpc) is 2.47. The molecule has 0 aliphatic carbocycles. The maximum absolute atomic E-state index is 12.5. The number of hydrogen-bond acceptors (Lipinski definition) is 4. The van der Waals surface area contributed by atoms with Crippen LogP contribution in [0.15, 0.2) is 64.4 Å². The fourth-order valence-electron chi connectivity index (χ4n) is 1.71. The number of hydrogen-bond donors (Lipinski definition) is 0. The lowest BCUT2D eigenvalue weighted by Crippen LogP contribution is -2.10. The van der Waals surface area contributed by atoms with Crippen molar-refractivity contribution in [2.45, 2.75) is 9.79 Å². The van der Waals surface area contributed by atoms with Crippen LogP contribution < -0.4 is 0 Å². The minimum Gasteiger partial charge on any atom is -0.465 e. The maximum Gasteiger partial charge on any atom is 0.339 e. The second-order valence-corrected chi connectivity index (χ2v) is 5.72. The van der Waals surface area contributed by atoms with Gasteiger partial charge in [0.2, 0.25) is 9.84 Å².